The molecule has 2 atom stereocenters. The van der Waals surface area contributed by atoms with E-state index in [4.69, 9.17) is 18.9 Å². The predicted molar refractivity (Wildman–Crippen MR) is 153 cm³/mol. The van der Waals surface area contributed by atoms with Crippen LogP contribution in [0.4, 0.5) is 10.6 Å². The molecule has 218 valence electrons. The van der Waals surface area contributed by atoms with Crippen LogP contribution in [0.5, 0.6) is 11.6 Å². The Balaban J connectivity index is 1.25. The van der Waals surface area contributed by atoms with Crippen molar-refractivity contribution in [2.45, 2.75) is 39.7 Å². The first-order chi connectivity index (χ1) is 20.3. The number of nitrogens with zero attached hydrogens (tertiary/aromatic N) is 6. The molecule has 5 rings (SSSR count). The van der Waals surface area contributed by atoms with Crippen LogP contribution in [0.2, 0.25) is 0 Å². The highest BCUT2D eigenvalue weighted by Crippen LogP contribution is 2.46. The summed E-state index contributed by atoms with van der Waals surface area (Å²) < 4.78 is 21.6. The number of carbonyl (C=O) groups is 2. The number of benzene rings is 1. The number of aromatic nitrogens is 5. The number of ether oxygens (including phenoxy) is 4. The van der Waals surface area contributed by atoms with Crippen molar-refractivity contribution in [1.29, 1.82) is 0 Å². The van der Waals surface area contributed by atoms with E-state index in [-0.39, 0.29) is 17.9 Å². The van der Waals surface area contributed by atoms with E-state index in [0.717, 1.165) is 22.7 Å². The summed E-state index contributed by atoms with van der Waals surface area (Å²) in [5.74, 6) is 1.49. The van der Waals surface area contributed by atoms with E-state index in [2.05, 4.69) is 37.3 Å². The smallest absolute Gasteiger partial charge is 0.418 e. The molecule has 12 nitrogen and oxygen atoms in total. The number of aryl methyl sites for hydroxylation is 3. The number of anilines is 1. The minimum atomic E-state index is -0.793. The van der Waals surface area contributed by atoms with Gasteiger partial charge in [-0.1, -0.05) is 23.5 Å². The highest BCUT2D eigenvalue weighted by Gasteiger charge is 2.40. The summed E-state index contributed by atoms with van der Waals surface area (Å²) in [6, 6.07) is 12.2. The minimum Gasteiger partial charge on any atom is -0.497 e. The normalized spacial score (nSPS) is 15.5. The molecule has 3 aromatic heterocycles. The van der Waals surface area contributed by atoms with Gasteiger partial charge in [0.2, 0.25) is 12.7 Å². The largest absolute Gasteiger partial charge is 0.497 e. The Kier molecular flexibility index (Phi) is 8.86. The van der Waals surface area contributed by atoms with E-state index in [1.54, 1.807) is 31.2 Å². The molecule has 1 fully saturated rings. The Labute approximate surface area is 246 Å². The first-order valence-corrected chi connectivity index (χ1v) is 14.1. The molecule has 0 spiro atoms. The molecular formula is C29H30N6O6S. The van der Waals surface area contributed by atoms with E-state index in [1.807, 2.05) is 20.0 Å². The average molecular weight is 591 g/mol. The highest BCUT2D eigenvalue weighted by atomic mass is 32.1. The quantitative estimate of drug-likeness (QED) is 0.176. The second-order valence-electron chi connectivity index (χ2n) is 9.78. The fraction of sp³-hybridized carbons (Fsp3) is 0.345. The lowest BCUT2D eigenvalue weighted by Gasteiger charge is -2.21. The summed E-state index contributed by atoms with van der Waals surface area (Å²) >= 11 is 1.34. The van der Waals surface area contributed by atoms with Gasteiger partial charge in [-0.3, -0.25) is 9.88 Å². The van der Waals surface area contributed by atoms with E-state index >= 15 is 0 Å². The second kappa shape index (κ2) is 12.9. The molecular weight excluding hydrogens is 560 g/mol. The van der Waals surface area contributed by atoms with Gasteiger partial charge in [0.1, 0.15) is 27.4 Å². The molecule has 1 aliphatic rings. The Hall–Kier alpha value is -4.65. The summed E-state index contributed by atoms with van der Waals surface area (Å²) in [4.78, 5) is 40.3. The van der Waals surface area contributed by atoms with Gasteiger partial charge >= 0.3 is 12.1 Å². The molecule has 0 unspecified atom stereocenters. The molecule has 42 heavy (non-hydrogen) atoms. The number of carbonyl (C=O) groups excluding carboxylic acids is 2. The van der Waals surface area contributed by atoms with Gasteiger partial charge < -0.3 is 18.9 Å². The molecule has 0 bridgehead atoms. The van der Waals surface area contributed by atoms with Crippen molar-refractivity contribution in [2.75, 3.05) is 25.4 Å². The van der Waals surface area contributed by atoms with Crippen LogP contribution < -0.4 is 14.4 Å². The van der Waals surface area contributed by atoms with Gasteiger partial charge in [-0.15, -0.1) is 10.2 Å². The SMILES string of the molecule is COc1cccc(C(=O)OCOC(=O)N(Cc2nnc(C)s2)c2cc(OC[C@H]3C[C@@H]3c3ccc(C)cn3)nc(C)n2)c1. The summed E-state index contributed by atoms with van der Waals surface area (Å²) in [6.07, 6.45) is 2.06. The topological polar surface area (TPSA) is 139 Å². The molecule has 0 radical (unpaired) electrons. The standard InChI is InChI=1S/C29H30N6O6S/c1-17-8-9-24(30-13-17)23-11-21(23)15-39-26-12-25(31-18(2)32-26)35(14-27-34-33-19(3)42-27)29(37)41-16-40-28(36)20-6-5-7-22(10-20)38-4/h5-10,12-13,21,23H,11,14-16H2,1-4H3/t21-,23+/m1/s1. The number of amides is 1. The Morgan fingerprint density at radius 3 is 2.64 bits per heavy atom. The zero-order valence-corrected chi connectivity index (χ0v) is 24.5. The van der Waals surface area contributed by atoms with Gasteiger partial charge in [0.15, 0.2) is 0 Å². The molecule has 1 saturated carbocycles. The lowest BCUT2D eigenvalue weighted by molar-refractivity contribution is -0.000731. The number of methoxy groups -OCH3 is 1. The lowest BCUT2D eigenvalue weighted by Crippen LogP contribution is -2.33. The summed E-state index contributed by atoms with van der Waals surface area (Å²) in [6.45, 7) is 5.43. The van der Waals surface area contributed by atoms with E-state index in [1.165, 1.54) is 29.4 Å². The van der Waals surface area contributed by atoms with Crippen molar-refractivity contribution >= 4 is 29.2 Å². The van der Waals surface area contributed by atoms with E-state index < -0.39 is 18.9 Å². The van der Waals surface area contributed by atoms with Crippen molar-refractivity contribution in [3.63, 3.8) is 0 Å². The molecule has 4 aromatic rings. The van der Waals surface area contributed by atoms with Crippen LogP contribution >= 0.6 is 11.3 Å². The van der Waals surface area contributed by atoms with Crippen molar-refractivity contribution in [3.05, 3.63) is 81.3 Å². The van der Waals surface area contributed by atoms with Crippen molar-refractivity contribution in [2.24, 2.45) is 5.92 Å². The second-order valence-corrected chi connectivity index (χ2v) is 11.0. The van der Waals surface area contributed by atoms with Gasteiger partial charge in [0.05, 0.1) is 25.8 Å². The maximum Gasteiger partial charge on any atom is 0.418 e. The Morgan fingerprint density at radius 2 is 1.90 bits per heavy atom. The fourth-order valence-corrected chi connectivity index (χ4v) is 4.94. The molecule has 0 aliphatic heterocycles. The zero-order valence-electron chi connectivity index (χ0n) is 23.6. The van der Waals surface area contributed by atoms with Crippen LogP contribution in [0.3, 0.4) is 0 Å². The molecule has 1 amide bonds. The maximum absolute atomic E-state index is 13.2. The molecule has 0 N–H and O–H groups in total. The van der Waals surface area contributed by atoms with Crippen molar-refractivity contribution in [1.82, 2.24) is 25.1 Å². The molecule has 1 aromatic carbocycles. The van der Waals surface area contributed by atoms with Crippen molar-refractivity contribution < 1.29 is 28.5 Å². The monoisotopic (exact) mass is 590 g/mol. The number of rotatable bonds is 11. The van der Waals surface area contributed by atoms with Crippen LogP contribution in [0.25, 0.3) is 0 Å². The maximum atomic E-state index is 13.2. The third-order valence-corrected chi connectivity index (χ3v) is 7.34. The summed E-state index contributed by atoms with van der Waals surface area (Å²) in [5.41, 5.74) is 2.44. The van der Waals surface area contributed by atoms with Gasteiger partial charge in [-0.05, 0) is 57.0 Å². The zero-order chi connectivity index (χ0) is 29.6. The first-order valence-electron chi connectivity index (χ1n) is 13.2. The third kappa shape index (κ3) is 7.35. The van der Waals surface area contributed by atoms with Crippen LogP contribution in [-0.2, 0) is 16.0 Å². The third-order valence-electron chi connectivity index (χ3n) is 6.52. The van der Waals surface area contributed by atoms with E-state index in [9.17, 15) is 9.59 Å². The fourth-order valence-electron chi connectivity index (χ4n) is 4.24. The number of hydrogen-bond donors (Lipinski definition) is 0. The minimum absolute atomic E-state index is 0.0356. The van der Waals surface area contributed by atoms with E-state index in [0.29, 0.717) is 40.9 Å². The van der Waals surface area contributed by atoms with Crippen LogP contribution in [0, 0.1) is 26.7 Å². The molecule has 1 aliphatic carbocycles. The van der Waals surface area contributed by atoms with Gasteiger partial charge in [0.25, 0.3) is 0 Å². The number of hydrogen-bond acceptors (Lipinski definition) is 12. The molecule has 3 heterocycles. The number of pyridine rings is 1. The highest BCUT2D eigenvalue weighted by molar-refractivity contribution is 7.11. The first kappa shape index (κ1) is 28.9. The van der Waals surface area contributed by atoms with Crippen LogP contribution in [-0.4, -0.2) is 57.7 Å². The van der Waals surface area contributed by atoms with Crippen LogP contribution in [0.1, 0.15) is 49.8 Å². The summed E-state index contributed by atoms with van der Waals surface area (Å²) in [7, 11) is 1.50. The average Bonchev–Trinajstić information content (AvgIpc) is 3.65. The predicted octanol–water partition coefficient (Wildman–Crippen LogP) is 4.80. The van der Waals surface area contributed by atoms with Gasteiger partial charge in [-0.25, -0.2) is 14.6 Å². The van der Waals surface area contributed by atoms with Gasteiger partial charge in [-0.2, -0.15) is 4.98 Å². The summed E-state index contributed by atoms with van der Waals surface area (Å²) in [5, 5.41) is 9.47. The lowest BCUT2D eigenvalue weighted by atomic mass is 10.2. The Bertz CT molecular complexity index is 1560. The van der Waals surface area contributed by atoms with Crippen LogP contribution in [0.15, 0.2) is 48.7 Å². The number of esters is 1. The van der Waals surface area contributed by atoms with Crippen molar-refractivity contribution in [3.8, 4) is 11.6 Å². The van der Waals surface area contributed by atoms with Gasteiger partial charge in [0, 0.05) is 29.8 Å². The molecule has 0 saturated heterocycles. The Morgan fingerprint density at radius 1 is 1.05 bits per heavy atom. The molecule has 13 heteroatoms.